The zero-order valence-electron chi connectivity index (χ0n) is 18.2. The predicted molar refractivity (Wildman–Crippen MR) is 127 cm³/mol. The van der Waals surface area contributed by atoms with Gasteiger partial charge in [-0.2, -0.15) is 0 Å². The fourth-order valence-corrected chi connectivity index (χ4v) is 4.41. The first-order valence-electron chi connectivity index (χ1n) is 11.2. The van der Waals surface area contributed by atoms with Crippen molar-refractivity contribution in [3.8, 4) is 11.1 Å². The zero-order chi connectivity index (χ0) is 22.6. The van der Waals surface area contributed by atoms with Gasteiger partial charge in [0.2, 0.25) is 11.8 Å². The average molecular weight is 440 g/mol. The second-order valence-electron chi connectivity index (χ2n) is 8.22. The molecule has 1 fully saturated rings. The number of fused-ring (bicyclic) bond motifs is 1. The van der Waals surface area contributed by atoms with Crippen LogP contribution in [0.5, 0.6) is 0 Å². The molecule has 33 heavy (non-hydrogen) atoms. The third kappa shape index (κ3) is 4.48. The van der Waals surface area contributed by atoms with Crippen LogP contribution in [0.15, 0.2) is 73.1 Å². The first-order valence-corrected chi connectivity index (χ1v) is 11.2. The van der Waals surface area contributed by atoms with Crippen molar-refractivity contribution < 1.29 is 9.59 Å². The molecule has 3 heterocycles. The van der Waals surface area contributed by atoms with Crippen molar-refractivity contribution in [2.45, 2.75) is 31.7 Å². The van der Waals surface area contributed by atoms with Gasteiger partial charge in [0.15, 0.2) is 0 Å². The summed E-state index contributed by atoms with van der Waals surface area (Å²) >= 11 is 0. The Balaban J connectivity index is 1.26. The number of para-hydroxylation sites is 3. The van der Waals surface area contributed by atoms with Gasteiger partial charge in [-0.15, -0.1) is 0 Å². The van der Waals surface area contributed by atoms with Crippen molar-refractivity contribution in [3.05, 3.63) is 78.9 Å². The number of aryl methyl sites for hydroxylation is 1. The summed E-state index contributed by atoms with van der Waals surface area (Å²) in [5, 5.41) is 3.05. The molecule has 1 aliphatic heterocycles. The Kier molecular flexibility index (Phi) is 5.85. The van der Waals surface area contributed by atoms with E-state index in [1.807, 2.05) is 60.7 Å². The molecule has 2 aromatic heterocycles. The van der Waals surface area contributed by atoms with Gasteiger partial charge in [0.25, 0.3) is 0 Å². The largest absolute Gasteiger partial charge is 0.342 e. The summed E-state index contributed by atoms with van der Waals surface area (Å²) in [4.78, 5) is 39.9. The molecule has 1 atom stereocenters. The Bertz CT molecular complexity index is 1250. The highest BCUT2D eigenvalue weighted by Gasteiger charge is 2.34. The van der Waals surface area contributed by atoms with E-state index in [2.05, 4.69) is 20.3 Å². The van der Waals surface area contributed by atoms with Gasteiger partial charge in [-0.05, 0) is 37.1 Å². The number of nitrogens with one attached hydrogen (secondary N) is 2. The van der Waals surface area contributed by atoms with Crippen LogP contribution >= 0.6 is 0 Å². The minimum Gasteiger partial charge on any atom is -0.342 e. The first-order chi connectivity index (χ1) is 16.2. The van der Waals surface area contributed by atoms with Crippen molar-refractivity contribution in [1.29, 1.82) is 0 Å². The Morgan fingerprint density at radius 1 is 1.06 bits per heavy atom. The fraction of sp³-hybridized carbons (Fsp3) is 0.231. The van der Waals surface area contributed by atoms with Crippen molar-refractivity contribution in [1.82, 2.24) is 19.9 Å². The van der Waals surface area contributed by atoms with Gasteiger partial charge in [0.1, 0.15) is 11.9 Å². The van der Waals surface area contributed by atoms with E-state index in [1.165, 1.54) is 0 Å². The average Bonchev–Trinajstić information content (AvgIpc) is 3.51. The van der Waals surface area contributed by atoms with Gasteiger partial charge in [0.05, 0.1) is 11.0 Å². The molecule has 1 aliphatic rings. The number of nitrogens with zero attached hydrogens (tertiary/aromatic N) is 3. The summed E-state index contributed by atoms with van der Waals surface area (Å²) in [6.07, 6.45) is 5.81. The van der Waals surface area contributed by atoms with Crippen LogP contribution < -0.4 is 5.32 Å². The third-order valence-electron chi connectivity index (χ3n) is 6.05. The number of pyridine rings is 1. The predicted octanol–water partition coefficient (Wildman–Crippen LogP) is 4.19. The lowest BCUT2D eigenvalue weighted by Gasteiger charge is -2.24. The summed E-state index contributed by atoms with van der Waals surface area (Å²) < 4.78 is 0. The highest BCUT2D eigenvalue weighted by Crippen LogP contribution is 2.28. The van der Waals surface area contributed by atoms with E-state index in [-0.39, 0.29) is 11.8 Å². The molecule has 1 saturated heterocycles. The Morgan fingerprint density at radius 3 is 2.76 bits per heavy atom. The number of aromatic nitrogens is 3. The Morgan fingerprint density at radius 2 is 1.91 bits per heavy atom. The molecule has 2 amide bonds. The summed E-state index contributed by atoms with van der Waals surface area (Å²) in [5.41, 5.74) is 4.41. The highest BCUT2D eigenvalue weighted by atomic mass is 16.2. The monoisotopic (exact) mass is 439 g/mol. The Hall–Kier alpha value is -4.00. The van der Waals surface area contributed by atoms with Crippen molar-refractivity contribution in [2.24, 2.45) is 0 Å². The number of rotatable bonds is 6. The van der Waals surface area contributed by atoms with Crippen LogP contribution in [0.1, 0.15) is 25.1 Å². The third-order valence-corrected chi connectivity index (χ3v) is 6.05. The van der Waals surface area contributed by atoms with Gasteiger partial charge in [0, 0.05) is 48.6 Å². The molecule has 2 N–H and O–H groups in total. The van der Waals surface area contributed by atoms with Crippen molar-refractivity contribution in [3.63, 3.8) is 0 Å². The quantitative estimate of drug-likeness (QED) is 0.471. The molecule has 0 aliphatic carbocycles. The van der Waals surface area contributed by atoms with E-state index in [0.717, 1.165) is 40.1 Å². The van der Waals surface area contributed by atoms with E-state index in [4.69, 9.17) is 0 Å². The minimum atomic E-state index is -0.463. The zero-order valence-corrected chi connectivity index (χ0v) is 18.2. The molecule has 0 spiro atoms. The van der Waals surface area contributed by atoms with Crippen LogP contribution in [0.25, 0.3) is 22.2 Å². The molecule has 0 bridgehead atoms. The normalized spacial score (nSPS) is 15.6. The lowest BCUT2D eigenvalue weighted by molar-refractivity contribution is -0.136. The number of carbonyl (C=O) groups excluding carboxylic acids is 2. The van der Waals surface area contributed by atoms with Crippen LogP contribution in [-0.2, 0) is 16.0 Å². The van der Waals surface area contributed by atoms with Gasteiger partial charge in [-0.25, -0.2) is 4.98 Å². The number of H-pyrrole nitrogens is 1. The number of hydrogen-bond acceptors (Lipinski definition) is 4. The van der Waals surface area contributed by atoms with Gasteiger partial charge < -0.3 is 15.2 Å². The van der Waals surface area contributed by atoms with Crippen LogP contribution in [0.2, 0.25) is 0 Å². The van der Waals surface area contributed by atoms with Gasteiger partial charge in [-0.3, -0.25) is 14.6 Å². The van der Waals surface area contributed by atoms with Gasteiger partial charge in [-0.1, -0.05) is 36.4 Å². The molecular weight excluding hydrogens is 414 g/mol. The van der Waals surface area contributed by atoms with E-state index in [0.29, 0.717) is 25.8 Å². The lowest BCUT2D eigenvalue weighted by Crippen LogP contribution is -2.43. The smallest absolute Gasteiger partial charge is 0.247 e. The summed E-state index contributed by atoms with van der Waals surface area (Å²) in [5.74, 6) is 0.615. The molecule has 5 rings (SSSR count). The molecule has 0 saturated carbocycles. The van der Waals surface area contributed by atoms with E-state index >= 15 is 0 Å². The number of aromatic amines is 1. The van der Waals surface area contributed by atoms with Crippen LogP contribution in [0.4, 0.5) is 5.69 Å². The molecule has 4 aromatic rings. The standard InChI is InChI=1S/C26H25N5O2/c32-25(14-13-24-28-21-10-3-4-11-22(21)29-24)31-16-6-12-23(31)26(33)30-20-9-2-1-8-19(20)18-7-5-15-27-17-18/h1-5,7-11,15,17,23H,6,12-14,16H2,(H,28,29)(H,30,33)/t23-/m0/s1. The molecule has 7 heteroatoms. The number of hydrogen-bond donors (Lipinski definition) is 2. The molecule has 0 unspecified atom stereocenters. The number of anilines is 1. The summed E-state index contributed by atoms with van der Waals surface area (Å²) in [6, 6.07) is 18.8. The van der Waals surface area contributed by atoms with Crippen LogP contribution in [0.3, 0.4) is 0 Å². The maximum Gasteiger partial charge on any atom is 0.247 e. The first kappa shape index (κ1) is 20.9. The van der Waals surface area contributed by atoms with Crippen molar-refractivity contribution in [2.75, 3.05) is 11.9 Å². The topological polar surface area (TPSA) is 91.0 Å². The number of amides is 2. The highest BCUT2D eigenvalue weighted by molar-refractivity contribution is 6.00. The molecule has 2 aromatic carbocycles. The molecule has 0 radical (unpaired) electrons. The SMILES string of the molecule is O=C(Nc1ccccc1-c1cccnc1)[C@@H]1CCCN1C(=O)CCc1nc2ccccc2[nH]1. The minimum absolute atomic E-state index is 0.0198. The molecular formula is C26H25N5O2. The maximum atomic E-state index is 13.2. The lowest BCUT2D eigenvalue weighted by atomic mass is 10.1. The Labute approximate surface area is 191 Å². The number of benzene rings is 2. The number of likely N-dealkylation sites (tertiary alicyclic amines) is 1. The summed E-state index contributed by atoms with van der Waals surface area (Å²) in [6.45, 7) is 0.599. The van der Waals surface area contributed by atoms with Crippen LogP contribution in [-0.4, -0.2) is 44.3 Å². The second-order valence-corrected chi connectivity index (χ2v) is 8.22. The summed E-state index contributed by atoms with van der Waals surface area (Å²) in [7, 11) is 0. The number of imidazole rings is 1. The van der Waals surface area contributed by atoms with E-state index in [9.17, 15) is 9.59 Å². The van der Waals surface area contributed by atoms with E-state index in [1.54, 1.807) is 17.3 Å². The van der Waals surface area contributed by atoms with Gasteiger partial charge >= 0.3 is 0 Å². The second kappa shape index (κ2) is 9.24. The van der Waals surface area contributed by atoms with E-state index < -0.39 is 6.04 Å². The number of carbonyl (C=O) groups is 2. The fourth-order valence-electron chi connectivity index (χ4n) is 4.41. The molecule has 7 nitrogen and oxygen atoms in total. The molecule has 166 valence electrons. The van der Waals surface area contributed by atoms with Crippen LogP contribution in [0, 0.1) is 0 Å². The van der Waals surface area contributed by atoms with Crippen molar-refractivity contribution >= 4 is 28.5 Å². The maximum absolute atomic E-state index is 13.2.